The number of benzene rings is 1. The Morgan fingerprint density at radius 2 is 1.78 bits per heavy atom. The normalized spacial score (nSPS) is 24.3. The van der Waals surface area contributed by atoms with Crippen molar-refractivity contribution in [3.05, 3.63) is 58.4 Å². The fraction of sp³-hybridized carbons (Fsp3) is 0.400. The van der Waals surface area contributed by atoms with E-state index < -0.39 is 22.8 Å². The van der Waals surface area contributed by atoms with Gasteiger partial charge in [-0.25, -0.2) is 0 Å². The summed E-state index contributed by atoms with van der Waals surface area (Å²) in [6, 6.07) is 7.67. The van der Waals surface area contributed by atoms with E-state index in [1.54, 1.807) is 25.1 Å². The molecular formula is C20H20F3N3O. The average Bonchev–Trinajstić information content (AvgIpc) is 2.92. The number of carbonyl (C=O) groups excluding carboxylic acids is 1. The highest BCUT2D eigenvalue weighted by atomic mass is 19.4. The molecular weight excluding hydrogens is 355 g/mol. The second kappa shape index (κ2) is 5.47. The highest BCUT2D eigenvalue weighted by Crippen LogP contribution is 2.59. The molecule has 0 bridgehead atoms. The second-order valence-corrected chi connectivity index (χ2v) is 8.11. The molecule has 2 aromatic rings. The Balaban J connectivity index is 2.15. The summed E-state index contributed by atoms with van der Waals surface area (Å²) in [5.41, 5.74) is -2.52. The van der Waals surface area contributed by atoms with Gasteiger partial charge in [-0.15, -0.1) is 0 Å². The number of hydrogen-bond acceptors (Lipinski definition) is 3. The highest BCUT2D eigenvalue weighted by Gasteiger charge is 2.66. The Morgan fingerprint density at radius 3 is 2.41 bits per heavy atom. The van der Waals surface area contributed by atoms with Crippen molar-refractivity contribution in [1.82, 2.24) is 10.2 Å². The number of fused-ring (bicyclic) bond motifs is 1. The summed E-state index contributed by atoms with van der Waals surface area (Å²) in [4.78, 5) is 13.1. The first kappa shape index (κ1) is 17.8. The van der Waals surface area contributed by atoms with E-state index in [9.17, 15) is 18.0 Å². The Bertz CT molecular complexity index is 957. The minimum Gasteiger partial charge on any atom is -0.342 e. The summed E-state index contributed by atoms with van der Waals surface area (Å²) in [5.74, 6) is -0.334. The lowest BCUT2D eigenvalue weighted by Gasteiger charge is -2.46. The zero-order chi connectivity index (χ0) is 19.6. The van der Waals surface area contributed by atoms with Crippen LogP contribution >= 0.6 is 0 Å². The number of hydrogen-bond donors (Lipinski definition) is 2. The summed E-state index contributed by atoms with van der Waals surface area (Å²) in [6.07, 6.45) is -4.29. The third kappa shape index (κ3) is 2.37. The highest BCUT2D eigenvalue weighted by molar-refractivity contribution is 6.03. The molecule has 1 aromatic heterocycles. The SMILES string of the molecule is Cc1[nH]nc2c1[C@](c1ccccc1)(C(F)(F)F)C1=C(CC(C)(C)CC1=O)N2. The molecule has 0 fully saturated rings. The molecule has 0 saturated carbocycles. The number of nitrogens with zero attached hydrogens (tertiary/aromatic N) is 1. The van der Waals surface area contributed by atoms with Crippen molar-refractivity contribution in [2.75, 3.05) is 5.32 Å². The van der Waals surface area contributed by atoms with Crippen LogP contribution in [0, 0.1) is 12.3 Å². The number of aromatic nitrogens is 2. The molecule has 1 aromatic carbocycles. The van der Waals surface area contributed by atoms with Crippen molar-refractivity contribution < 1.29 is 18.0 Å². The van der Waals surface area contributed by atoms with E-state index in [1.165, 1.54) is 12.1 Å². The fourth-order valence-corrected chi connectivity index (χ4v) is 4.53. The molecule has 2 heterocycles. The van der Waals surface area contributed by atoms with E-state index in [-0.39, 0.29) is 28.9 Å². The van der Waals surface area contributed by atoms with Gasteiger partial charge >= 0.3 is 6.18 Å². The van der Waals surface area contributed by atoms with Crippen molar-refractivity contribution in [2.45, 2.75) is 45.2 Å². The minimum atomic E-state index is -4.71. The summed E-state index contributed by atoms with van der Waals surface area (Å²) < 4.78 is 44.7. The lowest BCUT2D eigenvalue weighted by Crippen LogP contribution is -2.52. The van der Waals surface area contributed by atoms with E-state index in [4.69, 9.17) is 0 Å². The lowest BCUT2D eigenvalue weighted by atomic mass is 9.60. The van der Waals surface area contributed by atoms with E-state index in [2.05, 4.69) is 15.5 Å². The van der Waals surface area contributed by atoms with Crippen LogP contribution in [0.3, 0.4) is 0 Å². The summed E-state index contributed by atoms with van der Waals surface area (Å²) in [7, 11) is 0. The molecule has 4 rings (SSSR count). The first-order chi connectivity index (χ1) is 12.6. The zero-order valence-electron chi connectivity index (χ0n) is 15.3. The number of aryl methyl sites for hydroxylation is 1. The molecule has 4 nitrogen and oxygen atoms in total. The van der Waals surface area contributed by atoms with Crippen LogP contribution in [0.15, 0.2) is 41.6 Å². The topological polar surface area (TPSA) is 57.8 Å². The molecule has 2 N–H and O–H groups in total. The standard InChI is InChI=1S/C20H20F3N3O/c1-11-15-17(26-25-11)24-13-9-18(2,3)10-14(27)16(13)19(15,20(21,22)23)12-7-5-4-6-8-12/h4-8H,9-10H2,1-3H3,(H2,24,25,26)/t19-/m0/s1. The average molecular weight is 375 g/mol. The minimum absolute atomic E-state index is 0.0204. The molecule has 0 amide bonds. The number of aromatic amines is 1. The third-order valence-electron chi connectivity index (χ3n) is 5.47. The van der Waals surface area contributed by atoms with Gasteiger partial charge < -0.3 is 5.32 Å². The van der Waals surface area contributed by atoms with Crippen molar-refractivity contribution in [1.29, 1.82) is 0 Å². The maximum atomic E-state index is 14.9. The van der Waals surface area contributed by atoms with Crippen molar-refractivity contribution >= 4 is 11.6 Å². The van der Waals surface area contributed by atoms with Gasteiger partial charge in [0.25, 0.3) is 0 Å². The molecule has 27 heavy (non-hydrogen) atoms. The maximum absolute atomic E-state index is 14.9. The lowest BCUT2D eigenvalue weighted by molar-refractivity contribution is -0.171. The van der Waals surface area contributed by atoms with Crippen molar-refractivity contribution in [3.8, 4) is 0 Å². The number of alkyl halides is 3. The number of halogens is 3. The van der Waals surface area contributed by atoms with Crippen LogP contribution in [0.4, 0.5) is 19.0 Å². The summed E-state index contributed by atoms with van der Waals surface area (Å²) in [6.45, 7) is 5.33. The molecule has 7 heteroatoms. The zero-order valence-corrected chi connectivity index (χ0v) is 15.3. The largest absolute Gasteiger partial charge is 0.406 e. The molecule has 0 saturated heterocycles. The van der Waals surface area contributed by atoms with Gasteiger partial charge in [-0.05, 0) is 24.3 Å². The van der Waals surface area contributed by atoms with Gasteiger partial charge in [0.15, 0.2) is 17.0 Å². The summed E-state index contributed by atoms with van der Waals surface area (Å²) >= 11 is 0. The van der Waals surface area contributed by atoms with E-state index in [1.807, 2.05) is 13.8 Å². The fourth-order valence-electron chi connectivity index (χ4n) is 4.53. The summed E-state index contributed by atoms with van der Waals surface area (Å²) in [5, 5.41) is 9.76. The molecule has 1 aliphatic heterocycles. The molecule has 142 valence electrons. The van der Waals surface area contributed by atoms with Crippen LogP contribution in [0.2, 0.25) is 0 Å². The smallest absolute Gasteiger partial charge is 0.342 e. The van der Waals surface area contributed by atoms with E-state index in [0.29, 0.717) is 17.8 Å². The molecule has 1 aliphatic carbocycles. The maximum Gasteiger partial charge on any atom is 0.406 e. The van der Waals surface area contributed by atoms with Gasteiger partial charge in [-0.3, -0.25) is 9.89 Å². The van der Waals surface area contributed by atoms with E-state index >= 15 is 0 Å². The Morgan fingerprint density at radius 1 is 1.11 bits per heavy atom. The first-order valence-electron chi connectivity index (χ1n) is 8.79. The predicted molar refractivity (Wildman–Crippen MR) is 95.3 cm³/mol. The number of carbonyl (C=O) groups is 1. The number of ketones is 1. The van der Waals surface area contributed by atoms with Crippen LogP contribution in [0.25, 0.3) is 0 Å². The Kier molecular flexibility index (Phi) is 3.61. The molecule has 0 radical (unpaired) electrons. The monoisotopic (exact) mass is 375 g/mol. The molecule has 0 spiro atoms. The van der Waals surface area contributed by atoms with Crippen LogP contribution in [-0.2, 0) is 10.2 Å². The number of nitrogens with one attached hydrogen (secondary N) is 2. The second-order valence-electron chi connectivity index (χ2n) is 8.11. The Hall–Kier alpha value is -2.57. The van der Waals surface area contributed by atoms with Crippen LogP contribution in [0.1, 0.15) is 43.5 Å². The molecule has 1 atom stereocenters. The number of anilines is 1. The number of rotatable bonds is 1. The molecule has 2 aliphatic rings. The predicted octanol–water partition coefficient (Wildman–Crippen LogP) is 4.64. The van der Waals surface area contributed by atoms with Gasteiger partial charge in [0.1, 0.15) is 0 Å². The van der Waals surface area contributed by atoms with Gasteiger partial charge in [0.2, 0.25) is 0 Å². The number of allylic oxidation sites excluding steroid dienone is 2. The van der Waals surface area contributed by atoms with Crippen LogP contribution in [0.5, 0.6) is 0 Å². The van der Waals surface area contributed by atoms with Gasteiger partial charge in [0, 0.05) is 28.9 Å². The number of Topliss-reactive ketones (excluding diaryl/α,β-unsaturated/α-hetero) is 1. The van der Waals surface area contributed by atoms with Gasteiger partial charge in [0.05, 0.1) is 0 Å². The van der Waals surface area contributed by atoms with Crippen molar-refractivity contribution in [3.63, 3.8) is 0 Å². The van der Waals surface area contributed by atoms with Gasteiger partial charge in [-0.2, -0.15) is 18.3 Å². The van der Waals surface area contributed by atoms with Gasteiger partial charge in [-0.1, -0.05) is 44.2 Å². The number of H-pyrrole nitrogens is 1. The van der Waals surface area contributed by atoms with Crippen LogP contribution < -0.4 is 5.32 Å². The first-order valence-corrected chi connectivity index (χ1v) is 8.79. The Labute approximate surface area is 154 Å². The van der Waals surface area contributed by atoms with E-state index in [0.717, 1.165) is 0 Å². The molecule has 0 unspecified atom stereocenters. The van der Waals surface area contributed by atoms with Crippen molar-refractivity contribution in [2.24, 2.45) is 5.41 Å². The quantitative estimate of drug-likeness (QED) is 0.764. The van der Waals surface area contributed by atoms with Crippen LogP contribution in [-0.4, -0.2) is 22.2 Å². The third-order valence-corrected chi connectivity index (χ3v) is 5.47.